The average Bonchev–Trinajstić information content (AvgIpc) is 2.25. The Morgan fingerprint density at radius 3 is 2.33 bits per heavy atom. The van der Waals surface area contributed by atoms with Crippen LogP contribution in [0.3, 0.4) is 0 Å². The van der Waals surface area contributed by atoms with Crippen LogP contribution in [0, 0.1) is 0 Å². The van der Waals surface area contributed by atoms with E-state index in [2.05, 4.69) is 12.6 Å². The van der Waals surface area contributed by atoms with Crippen molar-refractivity contribution in [1.29, 1.82) is 0 Å². The summed E-state index contributed by atoms with van der Waals surface area (Å²) in [5.74, 6) is 0.440. The summed E-state index contributed by atoms with van der Waals surface area (Å²) in [5.41, 5.74) is 0. The summed E-state index contributed by atoms with van der Waals surface area (Å²) in [5, 5.41) is 37.2. The lowest BCUT2D eigenvalue weighted by Gasteiger charge is -2.39. The largest absolute Gasteiger partial charge is 0.394 e. The molecule has 0 aliphatic carbocycles. The molecule has 0 aromatic carbocycles. The molecule has 0 radical (unpaired) electrons. The molecular formula is C8H16O6S. The minimum Gasteiger partial charge on any atom is -0.394 e. The molecule has 3 unspecified atom stereocenters. The van der Waals surface area contributed by atoms with Crippen molar-refractivity contribution in [3.05, 3.63) is 0 Å². The Morgan fingerprint density at radius 1 is 1.13 bits per heavy atom. The van der Waals surface area contributed by atoms with E-state index in [9.17, 15) is 15.3 Å². The van der Waals surface area contributed by atoms with Crippen molar-refractivity contribution in [2.45, 2.75) is 30.7 Å². The molecule has 1 heterocycles. The summed E-state index contributed by atoms with van der Waals surface area (Å²) in [6.07, 6.45) is -6.04. The van der Waals surface area contributed by atoms with Gasteiger partial charge in [-0.1, -0.05) is 0 Å². The van der Waals surface area contributed by atoms with Crippen molar-refractivity contribution >= 4 is 12.6 Å². The van der Waals surface area contributed by atoms with Crippen LogP contribution in [0.25, 0.3) is 0 Å². The molecule has 1 aliphatic rings. The summed E-state index contributed by atoms with van der Waals surface area (Å²) in [6.45, 7) is -0.211. The van der Waals surface area contributed by atoms with Gasteiger partial charge in [0.25, 0.3) is 0 Å². The molecule has 1 fully saturated rings. The van der Waals surface area contributed by atoms with E-state index >= 15 is 0 Å². The Morgan fingerprint density at radius 2 is 1.80 bits per heavy atom. The van der Waals surface area contributed by atoms with Gasteiger partial charge in [-0.2, -0.15) is 12.6 Å². The van der Waals surface area contributed by atoms with Gasteiger partial charge in [0.05, 0.1) is 13.2 Å². The molecular weight excluding hydrogens is 224 g/mol. The molecule has 5 atom stereocenters. The van der Waals surface area contributed by atoms with Gasteiger partial charge in [-0.05, 0) is 0 Å². The fourth-order valence-electron chi connectivity index (χ4n) is 1.37. The number of hydrogen-bond acceptors (Lipinski definition) is 7. The first-order valence-electron chi connectivity index (χ1n) is 4.64. The zero-order valence-corrected chi connectivity index (χ0v) is 8.96. The molecule has 6 nitrogen and oxygen atoms in total. The van der Waals surface area contributed by atoms with Crippen LogP contribution in [-0.2, 0) is 9.47 Å². The van der Waals surface area contributed by atoms with Crippen LogP contribution in [-0.4, -0.2) is 70.1 Å². The minimum atomic E-state index is -1.39. The van der Waals surface area contributed by atoms with Gasteiger partial charge < -0.3 is 29.9 Å². The maximum Gasteiger partial charge on any atom is 0.186 e. The van der Waals surface area contributed by atoms with Gasteiger partial charge in [0.15, 0.2) is 6.29 Å². The SMILES string of the molecule is OCC1O[C@@H](OCCS)C(O)C(O)[C@H]1O. The van der Waals surface area contributed by atoms with Crippen molar-refractivity contribution in [3.63, 3.8) is 0 Å². The second-order valence-electron chi connectivity index (χ2n) is 3.29. The Bertz CT molecular complexity index is 190. The molecule has 0 spiro atoms. The van der Waals surface area contributed by atoms with Crippen LogP contribution in [0.15, 0.2) is 0 Å². The molecule has 15 heavy (non-hydrogen) atoms. The van der Waals surface area contributed by atoms with E-state index in [0.29, 0.717) is 5.75 Å². The fraction of sp³-hybridized carbons (Fsp3) is 1.00. The summed E-state index contributed by atoms with van der Waals surface area (Å²) in [4.78, 5) is 0. The van der Waals surface area contributed by atoms with E-state index in [1.807, 2.05) is 0 Å². The van der Waals surface area contributed by atoms with Crippen LogP contribution in [0.4, 0.5) is 0 Å². The minimum absolute atomic E-state index is 0.242. The molecule has 1 saturated heterocycles. The van der Waals surface area contributed by atoms with Crippen LogP contribution >= 0.6 is 12.6 Å². The van der Waals surface area contributed by atoms with Crippen molar-refractivity contribution in [1.82, 2.24) is 0 Å². The average molecular weight is 240 g/mol. The molecule has 0 saturated carbocycles. The van der Waals surface area contributed by atoms with Crippen molar-refractivity contribution in [3.8, 4) is 0 Å². The fourth-order valence-corrected chi connectivity index (χ4v) is 1.48. The Hall–Kier alpha value is 0.110. The molecule has 4 N–H and O–H groups in total. The van der Waals surface area contributed by atoms with E-state index in [4.69, 9.17) is 14.6 Å². The predicted octanol–water partition coefficient (Wildman–Crippen LogP) is -2.27. The highest BCUT2D eigenvalue weighted by atomic mass is 32.1. The lowest BCUT2D eigenvalue weighted by atomic mass is 9.99. The standard InChI is InChI=1S/C8H16O6S/c9-3-4-5(10)6(11)7(12)8(14-4)13-1-2-15/h4-12,15H,1-3H2/t4?,5-,6?,7?,8+/m0/s1. The number of aliphatic hydroxyl groups is 4. The highest BCUT2D eigenvalue weighted by molar-refractivity contribution is 7.80. The number of thiol groups is 1. The third kappa shape index (κ3) is 3.04. The van der Waals surface area contributed by atoms with Crippen LogP contribution in [0.5, 0.6) is 0 Å². The van der Waals surface area contributed by atoms with Gasteiger partial charge in [-0.15, -0.1) is 0 Å². The summed E-state index contributed by atoms with van der Waals surface area (Å²) >= 11 is 3.91. The van der Waals surface area contributed by atoms with E-state index in [1.54, 1.807) is 0 Å². The predicted molar refractivity (Wildman–Crippen MR) is 53.6 cm³/mol. The Balaban J connectivity index is 2.57. The molecule has 1 aliphatic heterocycles. The van der Waals surface area contributed by atoms with Gasteiger partial charge >= 0.3 is 0 Å². The molecule has 0 aromatic rings. The lowest BCUT2D eigenvalue weighted by Crippen LogP contribution is -2.59. The highest BCUT2D eigenvalue weighted by Crippen LogP contribution is 2.21. The van der Waals surface area contributed by atoms with Crippen LogP contribution < -0.4 is 0 Å². The lowest BCUT2D eigenvalue weighted by molar-refractivity contribution is -0.299. The highest BCUT2D eigenvalue weighted by Gasteiger charge is 2.43. The monoisotopic (exact) mass is 240 g/mol. The van der Waals surface area contributed by atoms with Gasteiger partial charge in [0.1, 0.15) is 24.4 Å². The summed E-state index contributed by atoms with van der Waals surface area (Å²) < 4.78 is 10.1. The van der Waals surface area contributed by atoms with Crippen molar-refractivity contribution in [2.75, 3.05) is 19.0 Å². The normalized spacial score (nSPS) is 41.8. The quantitative estimate of drug-likeness (QED) is 0.355. The number of hydrogen-bond donors (Lipinski definition) is 5. The second-order valence-corrected chi connectivity index (χ2v) is 3.74. The third-order valence-electron chi connectivity index (χ3n) is 2.22. The summed E-state index contributed by atoms with van der Waals surface area (Å²) in [6, 6.07) is 0. The molecule has 7 heteroatoms. The molecule has 0 aromatic heterocycles. The van der Waals surface area contributed by atoms with Crippen molar-refractivity contribution < 1.29 is 29.9 Å². The first-order valence-corrected chi connectivity index (χ1v) is 5.28. The van der Waals surface area contributed by atoms with E-state index in [-0.39, 0.29) is 6.61 Å². The van der Waals surface area contributed by atoms with Crippen molar-refractivity contribution in [2.24, 2.45) is 0 Å². The Labute approximate surface area is 92.8 Å². The zero-order valence-electron chi connectivity index (χ0n) is 8.06. The maximum absolute atomic E-state index is 9.48. The smallest absolute Gasteiger partial charge is 0.186 e. The van der Waals surface area contributed by atoms with Crippen LogP contribution in [0.2, 0.25) is 0 Å². The number of ether oxygens (including phenoxy) is 2. The number of rotatable bonds is 4. The molecule has 0 bridgehead atoms. The molecule has 0 amide bonds. The van der Waals surface area contributed by atoms with Gasteiger partial charge in [0.2, 0.25) is 0 Å². The molecule has 1 rings (SSSR count). The van der Waals surface area contributed by atoms with E-state index in [0.717, 1.165) is 0 Å². The maximum atomic E-state index is 9.48. The van der Waals surface area contributed by atoms with Gasteiger partial charge in [-0.3, -0.25) is 0 Å². The van der Waals surface area contributed by atoms with Gasteiger partial charge in [-0.25, -0.2) is 0 Å². The third-order valence-corrected chi connectivity index (χ3v) is 2.40. The zero-order chi connectivity index (χ0) is 11.4. The number of aliphatic hydroxyl groups excluding tert-OH is 4. The first kappa shape index (κ1) is 13.2. The molecule has 90 valence electrons. The first-order chi connectivity index (χ1) is 7.11. The second kappa shape index (κ2) is 6.00. The summed E-state index contributed by atoms with van der Waals surface area (Å²) in [7, 11) is 0. The topological polar surface area (TPSA) is 99.4 Å². The van der Waals surface area contributed by atoms with Gasteiger partial charge in [0, 0.05) is 5.75 Å². The van der Waals surface area contributed by atoms with Crippen LogP contribution in [0.1, 0.15) is 0 Å². The van der Waals surface area contributed by atoms with E-state index in [1.165, 1.54) is 0 Å². The van der Waals surface area contributed by atoms with E-state index < -0.39 is 37.3 Å². The Kier molecular flexibility index (Phi) is 5.27.